The molecule has 8 heteroatoms. The van der Waals surface area contributed by atoms with Gasteiger partial charge in [-0.1, -0.05) is 12.1 Å². The molecular formula is C23H27NO7. The smallest absolute Gasteiger partial charge is 0.286 e. The Bertz CT molecular complexity index is 995. The predicted molar refractivity (Wildman–Crippen MR) is 112 cm³/mol. The number of hydrogen-bond acceptors (Lipinski definition) is 7. The standard InChI is InChI=1S/C23H27NO7/c25-7-8-28-9-10-29-21-12-16(11-20(31-21)23(27)24-13-15-5-6-15)18-14-30-19-4-2-1-3-17(19)22(18)26/h1-4,11,14-16,21,25H,5-10,12-13H2,(H,24,27)/t16-,21+/m1/s1. The van der Waals surface area contributed by atoms with E-state index in [1.165, 1.54) is 6.26 Å². The van der Waals surface area contributed by atoms with Gasteiger partial charge in [-0.05, 0) is 37.0 Å². The van der Waals surface area contributed by atoms with Gasteiger partial charge in [0.25, 0.3) is 5.91 Å². The van der Waals surface area contributed by atoms with Crippen LogP contribution in [-0.2, 0) is 19.0 Å². The number of aliphatic hydroxyl groups is 1. The number of carbonyl (C=O) groups is 1. The highest BCUT2D eigenvalue weighted by Gasteiger charge is 2.31. The largest absolute Gasteiger partial charge is 0.464 e. The number of fused-ring (bicyclic) bond motifs is 1. The topological polar surface area (TPSA) is 107 Å². The Hall–Kier alpha value is -2.68. The molecule has 1 aliphatic carbocycles. The van der Waals surface area contributed by atoms with Gasteiger partial charge in [0, 0.05) is 24.4 Å². The van der Waals surface area contributed by atoms with Crippen LogP contribution in [0.25, 0.3) is 11.0 Å². The van der Waals surface area contributed by atoms with Crippen LogP contribution in [0.2, 0.25) is 0 Å². The first-order chi connectivity index (χ1) is 15.2. The number of aliphatic hydroxyl groups excluding tert-OH is 1. The van der Waals surface area contributed by atoms with E-state index in [1.54, 1.807) is 24.3 Å². The molecule has 4 rings (SSSR count). The molecule has 0 radical (unpaired) electrons. The fourth-order valence-corrected chi connectivity index (χ4v) is 3.54. The van der Waals surface area contributed by atoms with E-state index in [0.717, 1.165) is 12.8 Å². The Labute approximate surface area is 179 Å². The van der Waals surface area contributed by atoms with Crippen molar-refractivity contribution < 1.29 is 28.5 Å². The first-order valence-corrected chi connectivity index (χ1v) is 10.6. The summed E-state index contributed by atoms with van der Waals surface area (Å²) in [5.74, 6) is -0.0236. The molecule has 166 valence electrons. The minimum Gasteiger partial charge on any atom is -0.464 e. The summed E-state index contributed by atoms with van der Waals surface area (Å²) >= 11 is 0. The number of rotatable bonds is 10. The van der Waals surface area contributed by atoms with Crippen LogP contribution in [0.5, 0.6) is 0 Å². The second-order valence-corrected chi connectivity index (χ2v) is 7.80. The molecule has 31 heavy (non-hydrogen) atoms. The molecule has 1 aromatic heterocycles. The van der Waals surface area contributed by atoms with Crippen LogP contribution >= 0.6 is 0 Å². The van der Waals surface area contributed by atoms with Gasteiger partial charge in [0.2, 0.25) is 6.29 Å². The van der Waals surface area contributed by atoms with Gasteiger partial charge in [-0.3, -0.25) is 9.59 Å². The number of amides is 1. The third kappa shape index (κ3) is 5.52. The zero-order chi connectivity index (χ0) is 21.6. The van der Waals surface area contributed by atoms with Crippen molar-refractivity contribution in [2.45, 2.75) is 31.5 Å². The van der Waals surface area contributed by atoms with Crippen LogP contribution < -0.4 is 10.7 Å². The summed E-state index contributed by atoms with van der Waals surface area (Å²) in [5.41, 5.74) is 0.843. The number of hydrogen-bond donors (Lipinski definition) is 2. The van der Waals surface area contributed by atoms with Crippen LogP contribution in [-0.4, -0.2) is 50.3 Å². The molecule has 8 nitrogen and oxygen atoms in total. The van der Waals surface area contributed by atoms with Crippen LogP contribution in [0.15, 0.2) is 51.6 Å². The third-order valence-corrected chi connectivity index (χ3v) is 5.40. The Morgan fingerprint density at radius 2 is 2.03 bits per heavy atom. The predicted octanol–water partition coefficient (Wildman–Crippen LogP) is 2.06. The molecule has 1 amide bonds. The summed E-state index contributed by atoms with van der Waals surface area (Å²) in [6, 6.07) is 7.07. The Kier molecular flexibility index (Phi) is 7.01. The van der Waals surface area contributed by atoms with Crippen molar-refractivity contribution in [2.24, 2.45) is 5.92 Å². The highest BCUT2D eigenvalue weighted by Crippen LogP contribution is 2.31. The maximum absolute atomic E-state index is 13.1. The van der Waals surface area contributed by atoms with Gasteiger partial charge in [0.05, 0.1) is 38.1 Å². The average molecular weight is 429 g/mol. The van der Waals surface area contributed by atoms with Gasteiger partial charge in [-0.2, -0.15) is 0 Å². The molecule has 0 spiro atoms. The minimum absolute atomic E-state index is 0.0617. The maximum atomic E-state index is 13.1. The lowest BCUT2D eigenvalue weighted by Gasteiger charge is -2.29. The lowest BCUT2D eigenvalue weighted by molar-refractivity contribution is -0.151. The number of carbonyl (C=O) groups excluding carboxylic acids is 1. The van der Waals surface area contributed by atoms with Crippen molar-refractivity contribution >= 4 is 16.9 Å². The average Bonchev–Trinajstić information content (AvgIpc) is 3.62. The van der Waals surface area contributed by atoms with E-state index in [-0.39, 0.29) is 49.4 Å². The SMILES string of the molecule is O=C(NCC1CC1)C1=C[C@@H](c2coc3ccccc3c2=O)C[C@@H](OCCOCCO)O1. The molecule has 1 fully saturated rings. The van der Waals surface area contributed by atoms with E-state index in [2.05, 4.69) is 5.32 Å². The van der Waals surface area contributed by atoms with E-state index in [0.29, 0.717) is 35.4 Å². The first kappa shape index (κ1) is 21.5. The number of para-hydroxylation sites is 1. The van der Waals surface area contributed by atoms with Crippen molar-refractivity contribution in [1.82, 2.24) is 5.32 Å². The summed E-state index contributed by atoms with van der Waals surface area (Å²) in [4.78, 5) is 25.7. The van der Waals surface area contributed by atoms with Crippen molar-refractivity contribution in [1.29, 1.82) is 0 Å². The maximum Gasteiger partial charge on any atom is 0.286 e. The molecule has 1 aromatic carbocycles. The van der Waals surface area contributed by atoms with Crippen LogP contribution in [0.1, 0.15) is 30.7 Å². The lowest BCUT2D eigenvalue weighted by Crippen LogP contribution is -2.34. The molecule has 2 aliphatic rings. The van der Waals surface area contributed by atoms with Gasteiger partial charge in [-0.15, -0.1) is 0 Å². The van der Waals surface area contributed by atoms with Gasteiger partial charge in [0.1, 0.15) is 5.58 Å². The molecule has 2 aromatic rings. The Morgan fingerprint density at radius 3 is 2.84 bits per heavy atom. The molecule has 2 heterocycles. The van der Waals surface area contributed by atoms with Crippen molar-refractivity contribution in [2.75, 3.05) is 33.0 Å². The molecule has 1 aliphatic heterocycles. The van der Waals surface area contributed by atoms with Crippen LogP contribution in [0, 0.1) is 5.92 Å². The van der Waals surface area contributed by atoms with Crippen molar-refractivity contribution in [3.63, 3.8) is 0 Å². The Balaban J connectivity index is 1.53. The van der Waals surface area contributed by atoms with Gasteiger partial charge < -0.3 is 29.1 Å². The molecule has 0 unspecified atom stereocenters. The minimum atomic E-state index is -0.708. The number of nitrogens with one attached hydrogen (secondary N) is 1. The van der Waals surface area contributed by atoms with Gasteiger partial charge >= 0.3 is 0 Å². The van der Waals surface area contributed by atoms with E-state index >= 15 is 0 Å². The quantitative estimate of drug-likeness (QED) is 0.557. The normalized spacial score (nSPS) is 20.9. The van der Waals surface area contributed by atoms with Crippen LogP contribution in [0.4, 0.5) is 0 Å². The van der Waals surface area contributed by atoms with E-state index in [9.17, 15) is 9.59 Å². The van der Waals surface area contributed by atoms with Crippen molar-refractivity contribution in [3.05, 3.63) is 58.2 Å². The number of allylic oxidation sites excluding steroid dienone is 1. The van der Waals surface area contributed by atoms with Crippen molar-refractivity contribution in [3.8, 4) is 0 Å². The van der Waals surface area contributed by atoms with E-state index in [1.807, 2.05) is 6.07 Å². The lowest BCUT2D eigenvalue weighted by atomic mass is 9.93. The first-order valence-electron chi connectivity index (χ1n) is 10.6. The zero-order valence-corrected chi connectivity index (χ0v) is 17.2. The fraction of sp³-hybridized carbons (Fsp3) is 0.478. The second-order valence-electron chi connectivity index (χ2n) is 7.80. The molecule has 1 saturated carbocycles. The third-order valence-electron chi connectivity index (χ3n) is 5.40. The van der Waals surface area contributed by atoms with Crippen LogP contribution in [0.3, 0.4) is 0 Å². The summed E-state index contributed by atoms with van der Waals surface area (Å²) in [7, 11) is 0. The molecule has 2 N–H and O–H groups in total. The van der Waals surface area contributed by atoms with E-state index < -0.39 is 6.29 Å². The van der Waals surface area contributed by atoms with Gasteiger partial charge in [0.15, 0.2) is 11.2 Å². The van der Waals surface area contributed by atoms with Gasteiger partial charge in [-0.25, -0.2) is 0 Å². The summed E-state index contributed by atoms with van der Waals surface area (Å²) in [6.07, 6.45) is 5.04. The highest BCUT2D eigenvalue weighted by molar-refractivity contribution is 5.91. The van der Waals surface area contributed by atoms with E-state index in [4.69, 9.17) is 23.7 Å². The zero-order valence-electron chi connectivity index (χ0n) is 17.2. The second kappa shape index (κ2) is 10.1. The molecule has 0 saturated heterocycles. The Morgan fingerprint density at radius 1 is 1.19 bits per heavy atom. The fourth-order valence-electron chi connectivity index (χ4n) is 3.54. The number of ether oxygens (including phenoxy) is 3. The molecule has 0 bridgehead atoms. The summed E-state index contributed by atoms with van der Waals surface area (Å²) in [6.45, 7) is 1.30. The number of benzene rings is 1. The summed E-state index contributed by atoms with van der Waals surface area (Å²) in [5, 5.41) is 12.2. The highest BCUT2D eigenvalue weighted by atomic mass is 16.7. The monoisotopic (exact) mass is 429 g/mol. The summed E-state index contributed by atoms with van der Waals surface area (Å²) < 4.78 is 22.4. The molecular weight excluding hydrogens is 402 g/mol. The molecule has 2 atom stereocenters.